The van der Waals surface area contributed by atoms with Gasteiger partial charge in [-0.05, 0) is 13.0 Å². The SMILES string of the molecule is CC(=O)c1cc([N+](=O)[O-])ccc1NC(O)(CO)C(=O)O. The lowest BCUT2D eigenvalue weighted by atomic mass is 10.1. The maximum absolute atomic E-state index is 11.4. The van der Waals surface area contributed by atoms with E-state index in [0.717, 1.165) is 25.1 Å². The lowest BCUT2D eigenvalue weighted by Crippen LogP contribution is -2.49. The number of hydrogen-bond acceptors (Lipinski definition) is 7. The number of nitro benzene ring substituents is 1. The normalized spacial score (nSPS) is 13.3. The average Bonchev–Trinajstić information content (AvgIpc) is 2.38. The molecule has 1 rings (SSSR count). The van der Waals surface area contributed by atoms with Crippen LogP contribution in [0.5, 0.6) is 0 Å². The number of rotatable bonds is 6. The number of carbonyl (C=O) groups excluding carboxylic acids is 1. The number of ketones is 1. The maximum Gasteiger partial charge on any atom is 0.359 e. The molecule has 0 aromatic heterocycles. The van der Waals surface area contributed by atoms with Crippen molar-refractivity contribution in [2.24, 2.45) is 0 Å². The van der Waals surface area contributed by atoms with Gasteiger partial charge >= 0.3 is 5.97 Å². The first-order chi connectivity index (χ1) is 9.21. The number of carboxylic acid groups (broad SMARTS) is 1. The van der Waals surface area contributed by atoms with Gasteiger partial charge in [0.2, 0.25) is 0 Å². The molecule has 1 atom stereocenters. The van der Waals surface area contributed by atoms with E-state index in [1.54, 1.807) is 0 Å². The minimum Gasteiger partial charge on any atom is -0.478 e. The molecule has 108 valence electrons. The molecule has 0 spiro atoms. The molecule has 0 fully saturated rings. The van der Waals surface area contributed by atoms with E-state index in [2.05, 4.69) is 5.32 Å². The van der Waals surface area contributed by atoms with Gasteiger partial charge in [0.25, 0.3) is 11.4 Å². The fourth-order valence-electron chi connectivity index (χ4n) is 1.43. The van der Waals surface area contributed by atoms with Crippen molar-refractivity contribution >= 4 is 23.1 Å². The first-order valence-electron chi connectivity index (χ1n) is 5.35. The molecule has 0 bridgehead atoms. The number of nitro groups is 1. The first kappa shape index (κ1) is 15.5. The highest BCUT2D eigenvalue weighted by Gasteiger charge is 2.36. The predicted octanol–water partition coefficient (Wildman–Crippen LogP) is -0.0252. The minimum absolute atomic E-state index is 0.137. The summed E-state index contributed by atoms with van der Waals surface area (Å²) in [6.07, 6.45) is 0. The van der Waals surface area contributed by atoms with Gasteiger partial charge in [-0.3, -0.25) is 14.9 Å². The zero-order chi connectivity index (χ0) is 15.5. The van der Waals surface area contributed by atoms with Crippen LogP contribution >= 0.6 is 0 Å². The van der Waals surface area contributed by atoms with Gasteiger partial charge in [0, 0.05) is 23.4 Å². The maximum atomic E-state index is 11.4. The lowest BCUT2D eigenvalue weighted by Gasteiger charge is -2.24. The molecule has 0 aliphatic heterocycles. The number of nitrogens with one attached hydrogen (secondary N) is 1. The Kier molecular flexibility index (Phi) is 4.38. The summed E-state index contributed by atoms with van der Waals surface area (Å²) in [5.74, 6) is -2.32. The molecule has 9 nitrogen and oxygen atoms in total. The number of anilines is 1. The molecule has 0 radical (unpaired) electrons. The zero-order valence-electron chi connectivity index (χ0n) is 10.4. The van der Waals surface area contributed by atoms with Crippen molar-refractivity contribution in [1.29, 1.82) is 0 Å². The summed E-state index contributed by atoms with van der Waals surface area (Å²) in [5, 5.41) is 40.0. The van der Waals surface area contributed by atoms with Crippen LogP contribution in [0.15, 0.2) is 18.2 Å². The molecule has 4 N–H and O–H groups in total. The molecule has 0 heterocycles. The van der Waals surface area contributed by atoms with Gasteiger partial charge in [-0.2, -0.15) is 0 Å². The Bertz CT molecular complexity index is 572. The standard InChI is InChI=1S/C11H12N2O7/c1-6(15)8-4-7(13(19)20)2-3-9(8)12-11(18,5-14)10(16)17/h2-4,12,14,18H,5H2,1H3,(H,16,17). The second-order valence-electron chi connectivity index (χ2n) is 3.99. The largest absolute Gasteiger partial charge is 0.478 e. The van der Waals surface area contributed by atoms with Gasteiger partial charge in [-0.15, -0.1) is 0 Å². The number of benzene rings is 1. The molecule has 0 aliphatic rings. The van der Waals surface area contributed by atoms with Crippen molar-refractivity contribution in [3.8, 4) is 0 Å². The number of nitrogens with zero attached hydrogens (tertiary/aromatic N) is 1. The highest BCUT2D eigenvalue weighted by molar-refractivity contribution is 6.01. The van der Waals surface area contributed by atoms with E-state index in [1.807, 2.05) is 0 Å². The third-order valence-corrected chi connectivity index (χ3v) is 2.52. The summed E-state index contributed by atoms with van der Waals surface area (Å²) < 4.78 is 0. The number of hydrogen-bond donors (Lipinski definition) is 4. The second-order valence-corrected chi connectivity index (χ2v) is 3.99. The van der Waals surface area contributed by atoms with Crippen LogP contribution in [0.1, 0.15) is 17.3 Å². The van der Waals surface area contributed by atoms with E-state index in [-0.39, 0.29) is 16.9 Å². The third-order valence-electron chi connectivity index (χ3n) is 2.52. The van der Waals surface area contributed by atoms with Gasteiger partial charge < -0.3 is 20.6 Å². The predicted molar refractivity (Wildman–Crippen MR) is 66.4 cm³/mol. The summed E-state index contributed by atoms with van der Waals surface area (Å²) >= 11 is 0. The lowest BCUT2D eigenvalue weighted by molar-refractivity contribution is -0.384. The molecule has 9 heteroatoms. The van der Waals surface area contributed by atoms with Gasteiger partial charge in [-0.1, -0.05) is 0 Å². The number of carbonyl (C=O) groups is 2. The van der Waals surface area contributed by atoms with Crippen molar-refractivity contribution in [1.82, 2.24) is 0 Å². The van der Waals surface area contributed by atoms with Gasteiger partial charge in [0.05, 0.1) is 4.92 Å². The highest BCUT2D eigenvalue weighted by atomic mass is 16.6. The summed E-state index contributed by atoms with van der Waals surface area (Å²) in [7, 11) is 0. The third kappa shape index (κ3) is 3.08. The van der Waals surface area contributed by atoms with Crippen LogP contribution in [0.25, 0.3) is 0 Å². The van der Waals surface area contributed by atoms with Crippen LogP contribution in [0.2, 0.25) is 0 Å². The Morgan fingerprint density at radius 2 is 2.05 bits per heavy atom. The molecule has 1 aromatic carbocycles. The molecular formula is C11H12N2O7. The molecular weight excluding hydrogens is 272 g/mol. The number of carboxylic acids is 1. The van der Waals surface area contributed by atoms with Gasteiger partial charge in [0.15, 0.2) is 5.78 Å². The molecule has 0 saturated heterocycles. The molecule has 0 amide bonds. The summed E-state index contributed by atoms with van der Waals surface area (Å²) in [4.78, 5) is 32.2. The van der Waals surface area contributed by atoms with E-state index < -0.39 is 29.0 Å². The average molecular weight is 284 g/mol. The minimum atomic E-state index is -2.69. The Morgan fingerprint density at radius 3 is 2.45 bits per heavy atom. The Labute approximate surface area is 112 Å². The van der Waals surface area contributed by atoms with Crippen molar-refractivity contribution in [2.45, 2.75) is 12.6 Å². The Hall–Kier alpha value is -2.52. The van der Waals surface area contributed by atoms with Crippen LogP contribution in [-0.2, 0) is 4.79 Å². The second kappa shape index (κ2) is 5.63. The van der Waals surface area contributed by atoms with E-state index in [1.165, 1.54) is 0 Å². The summed E-state index contributed by atoms with van der Waals surface area (Å²) in [6.45, 7) is -0.0281. The van der Waals surface area contributed by atoms with Crippen molar-refractivity contribution in [3.63, 3.8) is 0 Å². The van der Waals surface area contributed by atoms with Crippen molar-refractivity contribution in [3.05, 3.63) is 33.9 Å². The van der Waals surface area contributed by atoms with Crippen LogP contribution in [0.4, 0.5) is 11.4 Å². The van der Waals surface area contributed by atoms with E-state index in [9.17, 15) is 24.8 Å². The molecule has 1 aromatic rings. The number of aliphatic hydroxyl groups is 2. The number of aliphatic hydroxyl groups excluding tert-OH is 1. The smallest absolute Gasteiger partial charge is 0.359 e. The fraction of sp³-hybridized carbons (Fsp3) is 0.273. The topological polar surface area (TPSA) is 150 Å². The van der Waals surface area contributed by atoms with Gasteiger partial charge in [-0.25, -0.2) is 4.79 Å². The molecule has 1 unspecified atom stereocenters. The summed E-state index contributed by atoms with van der Waals surface area (Å²) in [6, 6.07) is 3.07. The van der Waals surface area contributed by atoms with E-state index >= 15 is 0 Å². The fourth-order valence-corrected chi connectivity index (χ4v) is 1.43. The summed E-state index contributed by atoms with van der Waals surface area (Å²) in [5.41, 5.74) is -3.36. The van der Waals surface area contributed by atoms with E-state index in [0.29, 0.717) is 0 Å². The first-order valence-corrected chi connectivity index (χ1v) is 5.35. The highest BCUT2D eigenvalue weighted by Crippen LogP contribution is 2.25. The quantitative estimate of drug-likeness (QED) is 0.246. The number of Topliss-reactive ketones (excluding diaryl/α,β-unsaturated/α-hetero) is 1. The van der Waals surface area contributed by atoms with Crippen molar-refractivity contribution in [2.75, 3.05) is 11.9 Å². The van der Waals surface area contributed by atoms with Crippen LogP contribution in [-0.4, -0.2) is 44.3 Å². The Morgan fingerprint density at radius 1 is 1.45 bits per heavy atom. The number of non-ortho nitro benzene ring substituents is 1. The molecule has 0 saturated carbocycles. The molecule has 20 heavy (non-hydrogen) atoms. The number of aliphatic carboxylic acids is 1. The van der Waals surface area contributed by atoms with Crippen LogP contribution < -0.4 is 5.32 Å². The van der Waals surface area contributed by atoms with Crippen LogP contribution in [0.3, 0.4) is 0 Å². The van der Waals surface area contributed by atoms with Crippen molar-refractivity contribution < 1.29 is 29.8 Å². The zero-order valence-corrected chi connectivity index (χ0v) is 10.4. The van der Waals surface area contributed by atoms with E-state index in [4.69, 9.17) is 10.2 Å². The Balaban J connectivity index is 3.28. The monoisotopic (exact) mass is 284 g/mol. The van der Waals surface area contributed by atoms with Gasteiger partial charge in [0.1, 0.15) is 6.61 Å². The van der Waals surface area contributed by atoms with Crippen LogP contribution in [0, 0.1) is 10.1 Å². The molecule has 0 aliphatic carbocycles.